The molecule has 0 atom stereocenters. The van der Waals surface area contributed by atoms with Crippen molar-refractivity contribution in [2.24, 2.45) is 7.05 Å². The van der Waals surface area contributed by atoms with Crippen LogP contribution in [0.2, 0.25) is 0 Å². The van der Waals surface area contributed by atoms with Gasteiger partial charge in [-0.15, -0.1) is 10.2 Å². The number of benzene rings is 1. The van der Waals surface area contributed by atoms with E-state index in [2.05, 4.69) is 15.2 Å². The molecule has 0 saturated carbocycles. The molecule has 10 heteroatoms. The summed E-state index contributed by atoms with van der Waals surface area (Å²) in [5.74, 6) is 0.195. The molecule has 0 aliphatic heterocycles. The Morgan fingerprint density at radius 3 is 2.44 bits per heavy atom. The molecule has 3 aromatic rings. The highest BCUT2D eigenvalue weighted by molar-refractivity contribution is 7.91. The van der Waals surface area contributed by atoms with Gasteiger partial charge in [0.2, 0.25) is 0 Å². The van der Waals surface area contributed by atoms with Gasteiger partial charge in [-0.2, -0.15) is 13.2 Å². The Kier molecular flexibility index (Phi) is 4.77. The van der Waals surface area contributed by atoms with Crippen LogP contribution in [-0.4, -0.2) is 33.9 Å². The molecular weight excluding hydrogens is 381 g/mol. The van der Waals surface area contributed by atoms with E-state index in [0.29, 0.717) is 0 Å². The lowest BCUT2D eigenvalue weighted by Gasteiger charge is -2.10. The fourth-order valence-corrected chi connectivity index (χ4v) is 3.62. The molecule has 6 nitrogen and oxygen atoms in total. The SMILES string of the molecule is CCS(=O)(=O)c1cccnc1-c1nnc(-c2cccc(C(F)(F)F)c2)n1C. The van der Waals surface area contributed by atoms with Crippen molar-refractivity contribution in [1.29, 1.82) is 0 Å². The molecule has 0 aliphatic rings. The molecule has 0 amide bonds. The molecule has 0 radical (unpaired) electrons. The highest BCUT2D eigenvalue weighted by atomic mass is 32.2. The first-order valence-electron chi connectivity index (χ1n) is 7.90. The summed E-state index contributed by atoms with van der Waals surface area (Å²) >= 11 is 0. The average molecular weight is 396 g/mol. The van der Waals surface area contributed by atoms with E-state index < -0.39 is 21.6 Å². The average Bonchev–Trinajstić information content (AvgIpc) is 3.02. The number of pyridine rings is 1. The van der Waals surface area contributed by atoms with Crippen LogP contribution < -0.4 is 0 Å². The highest BCUT2D eigenvalue weighted by Gasteiger charge is 2.31. The van der Waals surface area contributed by atoms with Crippen molar-refractivity contribution >= 4 is 9.84 Å². The summed E-state index contributed by atoms with van der Waals surface area (Å²) in [7, 11) is -2.02. The van der Waals surface area contributed by atoms with Gasteiger partial charge in [0, 0.05) is 18.8 Å². The second-order valence-corrected chi connectivity index (χ2v) is 7.99. The summed E-state index contributed by atoms with van der Waals surface area (Å²) in [4.78, 5) is 4.10. The lowest BCUT2D eigenvalue weighted by molar-refractivity contribution is -0.137. The number of alkyl halides is 3. The number of halogens is 3. The molecule has 0 spiro atoms. The number of sulfone groups is 1. The van der Waals surface area contributed by atoms with Crippen molar-refractivity contribution in [3.63, 3.8) is 0 Å². The van der Waals surface area contributed by atoms with Crippen LogP contribution in [0.15, 0.2) is 47.5 Å². The lowest BCUT2D eigenvalue weighted by atomic mass is 10.1. The number of aromatic nitrogens is 4. The maximum atomic E-state index is 13.0. The maximum absolute atomic E-state index is 13.0. The zero-order valence-electron chi connectivity index (χ0n) is 14.4. The Labute approximate surface area is 153 Å². The lowest BCUT2D eigenvalue weighted by Crippen LogP contribution is -2.08. The molecule has 0 N–H and O–H groups in total. The Balaban J connectivity index is 2.14. The molecule has 2 heterocycles. The maximum Gasteiger partial charge on any atom is 0.416 e. The van der Waals surface area contributed by atoms with Crippen LogP contribution in [-0.2, 0) is 23.1 Å². The fourth-order valence-electron chi connectivity index (χ4n) is 2.59. The second-order valence-electron chi connectivity index (χ2n) is 5.74. The van der Waals surface area contributed by atoms with Crippen LogP contribution in [0.5, 0.6) is 0 Å². The van der Waals surface area contributed by atoms with E-state index >= 15 is 0 Å². The van der Waals surface area contributed by atoms with E-state index in [1.807, 2.05) is 0 Å². The normalized spacial score (nSPS) is 12.3. The van der Waals surface area contributed by atoms with Gasteiger partial charge >= 0.3 is 6.18 Å². The van der Waals surface area contributed by atoms with Crippen molar-refractivity contribution in [2.75, 3.05) is 5.75 Å². The Morgan fingerprint density at radius 1 is 1.07 bits per heavy atom. The quantitative estimate of drug-likeness (QED) is 0.676. The van der Waals surface area contributed by atoms with Crippen molar-refractivity contribution in [1.82, 2.24) is 19.7 Å². The largest absolute Gasteiger partial charge is 0.416 e. The summed E-state index contributed by atoms with van der Waals surface area (Å²) in [5, 5.41) is 7.91. The molecule has 0 saturated heterocycles. The second kappa shape index (κ2) is 6.76. The molecule has 0 aliphatic carbocycles. The zero-order chi connectivity index (χ0) is 19.8. The smallest absolute Gasteiger partial charge is 0.309 e. The molecule has 3 rings (SSSR count). The van der Waals surface area contributed by atoms with Crippen LogP contribution in [0.25, 0.3) is 22.9 Å². The Hall–Kier alpha value is -2.75. The summed E-state index contributed by atoms with van der Waals surface area (Å²) < 4.78 is 64.9. The molecule has 0 unspecified atom stereocenters. The van der Waals surface area contributed by atoms with Gasteiger partial charge in [0.15, 0.2) is 21.5 Å². The third kappa shape index (κ3) is 3.57. The summed E-state index contributed by atoms with van der Waals surface area (Å²) in [6.45, 7) is 1.51. The first-order chi connectivity index (χ1) is 12.6. The van der Waals surface area contributed by atoms with E-state index in [-0.39, 0.29) is 33.6 Å². The van der Waals surface area contributed by atoms with Gasteiger partial charge in [-0.25, -0.2) is 8.42 Å². The molecule has 0 bridgehead atoms. The van der Waals surface area contributed by atoms with Gasteiger partial charge in [-0.05, 0) is 24.3 Å². The van der Waals surface area contributed by atoms with Gasteiger partial charge in [0.25, 0.3) is 0 Å². The van der Waals surface area contributed by atoms with Crippen LogP contribution >= 0.6 is 0 Å². The number of rotatable bonds is 4. The van der Waals surface area contributed by atoms with Crippen molar-refractivity contribution < 1.29 is 21.6 Å². The number of hydrogen-bond acceptors (Lipinski definition) is 5. The number of nitrogens with zero attached hydrogens (tertiary/aromatic N) is 4. The Bertz CT molecular complexity index is 1090. The van der Waals surface area contributed by atoms with Gasteiger partial charge in [-0.3, -0.25) is 4.98 Å². The molecule has 142 valence electrons. The third-order valence-electron chi connectivity index (χ3n) is 4.02. The van der Waals surface area contributed by atoms with Crippen molar-refractivity contribution in [3.05, 3.63) is 48.2 Å². The van der Waals surface area contributed by atoms with Gasteiger partial charge in [0.05, 0.1) is 16.2 Å². The van der Waals surface area contributed by atoms with Crippen molar-refractivity contribution in [3.8, 4) is 22.9 Å². The summed E-state index contributed by atoms with van der Waals surface area (Å²) in [6, 6.07) is 7.60. The minimum atomic E-state index is -4.49. The van der Waals surface area contributed by atoms with E-state index in [1.54, 1.807) is 7.05 Å². The predicted molar refractivity (Wildman–Crippen MR) is 92.4 cm³/mol. The molecule has 27 heavy (non-hydrogen) atoms. The topological polar surface area (TPSA) is 77.7 Å². The van der Waals surface area contributed by atoms with E-state index in [9.17, 15) is 21.6 Å². The third-order valence-corrected chi connectivity index (χ3v) is 5.78. The van der Waals surface area contributed by atoms with E-state index in [4.69, 9.17) is 0 Å². The molecule has 1 aromatic carbocycles. The van der Waals surface area contributed by atoms with Crippen LogP contribution in [0.1, 0.15) is 12.5 Å². The zero-order valence-corrected chi connectivity index (χ0v) is 15.2. The van der Waals surface area contributed by atoms with Gasteiger partial charge in [-0.1, -0.05) is 19.1 Å². The molecule has 2 aromatic heterocycles. The highest BCUT2D eigenvalue weighted by Crippen LogP contribution is 2.33. The van der Waals surface area contributed by atoms with Gasteiger partial charge < -0.3 is 4.57 Å². The molecular formula is C17H15F3N4O2S. The Morgan fingerprint density at radius 2 is 1.78 bits per heavy atom. The van der Waals surface area contributed by atoms with E-state index in [1.165, 1.54) is 42.0 Å². The fraction of sp³-hybridized carbons (Fsp3) is 0.235. The minimum absolute atomic E-state index is 0.00130. The first kappa shape index (κ1) is 19.0. The minimum Gasteiger partial charge on any atom is -0.309 e. The summed E-state index contributed by atoms with van der Waals surface area (Å²) in [5.41, 5.74) is -0.494. The van der Waals surface area contributed by atoms with Crippen LogP contribution in [0.3, 0.4) is 0 Å². The molecule has 0 fully saturated rings. The predicted octanol–water partition coefficient (Wildman–Crippen LogP) is 3.36. The standard InChI is InChI=1S/C17H15F3N4O2S/c1-3-27(25,26)13-8-5-9-21-14(13)16-23-22-15(24(16)2)11-6-4-7-12(10-11)17(18,19)20/h4-10H,3H2,1-2H3. The van der Waals surface area contributed by atoms with E-state index in [0.717, 1.165) is 12.1 Å². The van der Waals surface area contributed by atoms with Gasteiger partial charge in [0.1, 0.15) is 5.69 Å². The monoisotopic (exact) mass is 396 g/mol. The number of hydrogen-bond donors (Lipinski definition) is 0. The summed E-state index contributed by atoms with van der Waals surface area (Å²) in [6.07, 6.45) is -3.07. The van der Waals surface area contributed by atoms with Crippen molar-refractivity contribution in [2.45, 2.75) is 18.0 Å². The first-order valence-corrected chi connectivity index (χ1v) is 9.55. The van der Waals surface area contributed by atoms with Crippen LogP contribution in [0.4, 0.5) is 13.2 Å². The van der Waals surface area contributed by atoms with Crippen LogP contribution in [0, 0.1) is 0 Å².